The molecule has 0 radical (unpaired) electrons. The van der Waals surface area contributed by atoms with Gasteiger partial charge in [-0.2, -0.15) is 0 Å². The summed E-state index contributed by atoms with van der Waals surface area (Å²) in [6.45, 7) is 6.42. The third-order valence-corrected chi connectivity index (χ3v) is 6.21. The predicted octanol–water partition coefficient (Wildman–Crippen LogP) is 5.82. The first-order valence-corrected chi connectivity index (χ1v) is 10.7. The zero-order valence-electron chi connectivity index (χ0n) is 17.5. The normalized spacial score (nSPS) is 11.6. The van der Waals surface area contributed by atoms with Crippen molar-refractivity contribution in [2.45, 2.75) is 26.2 Å². The van der Waals surface area contributed by atoms with E-state index < -0.39 is 0 Å². The van der Waals surface area contributed by atoms with Crippen LogP contribution >= 0.6 is 11.3 Å². The molecule has 1 N–H and O–H groups in total. The molecule has 0 aliphatic rings. The molecule has 4 rings (SSSR count). The lowest BCUT2D eigenvalue weighted by molar-refractivity contribution is 0.102. The van der Waals surface area contributed by atoms with Gasteiger partial charge in [-0.25, -0.2) is 0 Å². The largest absolute Gasteiger partial charge is 0.330 e. The van der Waals surface area contributed by atoms with Gasteiger partial charge in [-0.05, 0) is 46.7 Å². The minimum atomic E-state index is -0.237. The average molecular weight is 417 g/mol. The molecular formula is C25H24N2O2S. The number of nitrogens with one attached hydrogen (secondary N) is 1. The Kier molecular flexibility index (Phi) is 5.08. The molecule has 4 nitrogen and oxygen atoms in total. The number of hydrogen-bond donors (Lipinski definition) is 1. The molecule has 152 valence electrons. The van der Waals surface area contributed by atoms with Gasteiger partial charge in [-0.15, -0.1) is 11.3 Å². The lowest BCUT2D eigenvalue weighted by Gasteiger charge is -2.20. The quantitative estimate of drug-likeness (QED) is 0.458. The van der Waals surface area contributed by atoms with Gasteiger partial charge in [0.05, 0.1) is 11.1 Å². The Labute approximate surface area is 179 Å². The van der Waals surface area contributed by atoms with Gasteiger partial charge in [0, 0.05) is 22.9 Å². The van der Waals surface area contributed by atoms with Crippen LogP contribution in [0.1, 0.15) is 36.7 Å². The number of carbonyl (C=O) groups excluding carboxylic acids is 1. The second kappa shape index (κ2) is 7.58. The van der Waals surface area contributed by atoms with Gasteiger partial charge < -0.3 is 9.88 Å². The Morgan fingerprint density at radius 2 is 1.67 bits per heavy atom. The summed E-state index contributed by atoms with van der Waals surface area (Å²) in [7, 11) is 1.87. The van der Waals surface area contributed by atoms with Crippen molar-refractivity contribution in [2.75, 3.05) is 5.32 Å². The van der Waals surface area contributed by atoms with E-state index >= 15 is 0 Å². The number of thiophene rings is 1. The van der Waals surface area contributed by atoms with Gasteiger partial charge >= 0.3 is 0 Å². The van der Waals surface area contributed by atoms with Crippen molar-refractivity contribution in [1.29, 1.82) is 0 Å². The number of benzene rings is 2. The van der Waals surface area contributed by atoms with Crippen molar-refractivity contribution in [2.24, 2.45) is 7.05 Å². The minimum Gasteiger partial charge on any atom is -0.330 e. The van der Waals surface area contributed by atoms with Crippen LogP contribution in [0.15, 0.2) is 70.8 Å². The molecule has 0 saturated heterocycles. The Morgan fingerprint density at radius 1 is 0.967 bits per heavy atom. The van der Waals surface area contributed by atoms with Crippen LogP contribution < -0.4 is 10.7 Å². The third kappa shape index (κ3) is 3.57. The molecule has 0 bridgehead atoms. The van der Waals surface area contributed by atoms with Crippen LogP contribution in [-0.4, -0.2) is 10.5 Å². The number of nitrogens with zero attached hydrogens (tertiary/aromatic N) is 1. The summed E-state index contributed by atoms with van der Waals surface area (Å²) < 4.78 is 1.88. The Balaban J connectivity index is 1.82. The Bertz CT molecular complexity index is 1280. The second-order valence-electron chi connectivity index (χ2n) is 8.39. The second-order valence-corrected chi connectivity index (χ2v) is 9.34. The molecule has 30 heavy (non-hydrogen) atoms. The number of aryl methyl sites for hydroxylation is 1. The smallest absolute Gasteiger partial charge is 0.256 e. The first kappa shape index (κ1) is 20.1. The molecule has 2 heterocycles. The maximum absolute atomic E-state index is 13.3. The molecule has 0 atom stereocenters. The number of hydrogen-bond acceptors (Lipinski definition) is 3. The van der Waals surface area contributed by atoms with E-state index in [1.54, 1.807) is 0 Å². The molecular weight excluding hydrogens is 392 g/mol. The fourth-order valence-corrected chi connectivity index (χ4v) is 4.35. The molecule has 0 aliphatic carbocycles. The van der Waals surface area contributed by atoms with Crippen LogP contribution in [0.5, 0.6) is 0 Å². The van der Waals surface area contributed by atoms with Crippen LogP contribution in [0.3, 0.4) is 0 Å². The maximum Gasteiger partial charge on any atom is 0.256 e. The van der Waals surface area contributed by atoms with Crippen molar-refractivity contribution in [3.8, 4) is 10.4 Å². The van der Waals surface area contributed by atoms with Crippen LogP contribution in [0, 0.1) is 0 Å². The van der Waals surface area contributed by atoms with Crippen molar-refractivity contribution in [1.82, 2.24) is 4.57 Å². The molecule has 4 aromatic rings. The van der Waals surface area contributed by atoms with Crippen LogP contribution in [0.4, 0.5) is 5.82 Å². The van der Waals surface area contributed by atoms with Crippen LogP contribution in [0.25, 0.3) is 21.3 Å². The lowest BCUT2D eigenvalue weighted by atomic mass is 9.87. The third-order valence-electron chi connectivity index (χ3n) is 5.32. The highest BCUT2D eigenvalue weighted by atomic mass is 32.1. The Morgan fingerprint density at radius 3 is 2.30 bits per heavy atom. The number of aromatic nitrogens is 1. The van der Waals surface area contributed by atoms with Gasteiger partial charge in [-0.1, -0.05) is 51.1 Å². The highest BCUT2D eigenvalue weighted by Gasteiger charge is 2.20. The lowest BCUT2D eigenvalue weighted by Crippen LogP contribution is -2.21. The Hall–Kier alpha value is -3.18. The number of fused-ring (bicyclic) bond motifs is 1. The average Bonchev–Trinajstić information content (AvgIpc) is 3.25. The predicted molar refractivity (Wildman–Crippen MR) is 126 cm³/mol. The molecule has 0 fully saturated rings. The standard InChI is InChI=1S/C25H24N2O2S/c1-25(2,3)17-13-11-16(12-14-17)24(29)26-23-21(20-10-7-15-30-20)22(28)18-8-5-6-9-19(18)27(23)4/h5-15H,1-4H3,(H,26,29). The van der Waals surface area contributed by atoms with E-state index in [2.05, 4.69) is 26.1 Å². The number of amides is 1. The number of pyridine rings is 1. The monoisotopic (exact) mass is 416 g/mol. The zero-order chi connectivity index (χ0) is 21.5. The topological polar surface area (TPSA) is 51.1 Å². The molecule has 1 amide bonds. The van der Waals surface area contributed by atoms with Crippen molar-refractivity contribution < 1.29 is 4.79 Å². The van der Waals surface area contributed by atoms with E-state index in [1.165, 1.54) is 11.3 Å². The maximum atomic E-state index is 13.3. The van der Waals surface area contributed by atoms with E-state index in [4.69, 9.17) is 0 Å². The minimum absolute atomic E-state index is 0.0175. The fourth-order valence-electron chi connectivity index (χ4n) is 3.59. The van der Waals surface area contributed by atoms with Crippen molar-refractivity contribution >= 4 is 34.0 Å². The van der Waals surface area contributed by atoms with Crippen molar-refractivity contribution in [3.63, 3.8) is 0 Å². The summed E-state index contributed by atoms with van der Waals surface area (Å²) in [4.78, 5) is 27.2. The van der Waals surface area contributed by atoms with E-state index in [-0.39, 0.29) is 16.8 Å². The first-order valence-electron chi connectivity index (χ1n) is 9.85. The highest BCUT2D eigenvalue weighted by Crippen LogP contribution is 2.31. The fraction of sp³-hybridized carbons (Fsp3) is 0.200. The highest BCUT2D eigenvalue weighted by molar-refractivity contribution is 7.13. The van der Waals surface area contributed by atoms with Gasteiger partial charge in [0.2, 0.25) is 0 Å². The summed E-state index contributed by atoms with van der Waals surface area (Å²) in [5.41, 5.74) is 2.96. The molecule has 0 spiro atoms. The summed E-state index contributed by atoms with van der Waals surface area (Å²) >= 11 is 1.48. The number of rotatable bonds is 3. The molecule has 0 saturated carbocycles. The van der Waals surface area contributed by atoms with Gasteiger partial charge in [0.25, 0.3) is 5.91 Å². The van der Waals surface area contributed by atoms with E-state index in [0.717, 1.165) is 16.0 Å². The number of carbonyl (C=O) groups is 1. The molecule has 2 aromatic heterocycles. The van der Waals surface area contributed by atoms with Crippen molar-refractivity contribution in [3.05, 3.63) is 87.4 Å². The van der Waals surface area contributed by atoms with E-state index in [0.29, 0.717) is 22.3 Å². The summed E-state index contributed by atoms with van der Waals surface area (Å²) in [5, 5.41) is 5.57. The van der Waals surface area contributed by atoms with Gasteiger partial charge in [-0.3, -0.25) is 9.59 Å². The van der Waals surface area contributed by atoms with Gasteiger partial charge in [0.1, 0.15) is 5.82 Å². The van der Waals surface area contributed by atoms with Gasteiger partial charge in [0.15, 0.2) is 5.43 Å². The van der Waals surface area contributed by atoms with Crippen LogP contribution in [0.2, 0.25) is 0 Å². The number of anilines is 1. The van der Waals surface area contributed by atoms with E-state index in [9.17, 15) is 9.59 Å². The van der Waals surface area contributed by atoms with Crippen LogP contribution in [-0.2, 0) is 12.5 Å². The molecule has 5 heteroatoms. The molecule has 2 aromatic carbocycles. The first-order chi connectivity index (χ1) is 14.3. The molecule has 0 unspecified atom stereocenters. The summed E-state index contributed by atoms with van der Waals surface area (Å²) in [6.07, 6.45) is 0. The summed E-state index contributed by atoms with van der Waals surface area (Å²) in [5.74, 6) is 0.268. The summed E-state index contributed by atoms with van der Waals surface area (Å²) in [6, 6.07) is 18.9. The molecule has 0 aliphatic heterocycles. The number of para-hydroxylation sites is 1. The SMILES string of the molecule is Cn1c(NC(=O)c2ccc(C(C)(C)C)cc2)c(-c2cccs2)c(=O)c2ccccc21. The van der Waals surface area contributed by atoms with E-state index in [1.807, 2.05) is 77.7 Å². The zero-order valence-corrected chi connectivity index (χ0v) is 18.3.